The highest BCUT2D eigenvalue weighted by Gasteiger charge is 2.22. The number of thioether (sulfide) groups is 1. The molecule has 0 aliphatic carbocycles. The van der Waals surface area contributed by atoms with Gasteiger partial charge in [0.25, 0.3) is 0 Å². The third kappa shape index (κ3) is 4.31. The van der Waals surface area contributed by atoms with E-state index < -0.39 is 0 Å². The zero-order valence-corrected chi connectivity index (χ0v) is 16.9. The highest BCUT2D eigenvalue weighted by molar-refractivity contribution is 7.99. The predicted molar refractivity (Wildman–Crippen MR) is 103 cm³/mol. The van der Waals surface area contributed by atoms with Gasteiger partial charge < -0.3 is 13.9 Å². The van der Waals surface area contributed by atoms with Crippen LogP contribution in [-0.2, 0) is 11.3 Å². The van der Waals surface area contributed by atoms with Crippen molar-refractivity contribution in [3.05, 3.63) is 18.1 Å². The topological polar surface area (TPSA) is 64.2 Å². The molecule has 3 rings (SSSR count). The van der Waals surface area contributed by atoms with Gasteiger partial charge in [0.1, 0.15) is 5.76 Å². The lowest BCUT2D eigenvalue weighted by molar-refractivity contribution is -0.129. The first kappa shape index (κ1) is 19.0. The van der Waals surface area contributed by atoms with Crippen molar-refractivity contribution < 1.29 is 9.21 Å². The van der Waals surface area contributed by atoms with Crippen molar-refractivity contribution in [3.8, 4) is 11.4 Å². The molecule has 0 unspecified atom stereocenters. The molecular weight excluding hydrogens is 348 g/mol. The molecule has 26 heavy (non-hydrogen) atoms. The smallest absolute Gasteiger partial charge is 0.233 e. The number of carbonyl (C=O) groups is 1. The first-order valence-electron chi connectivity index (χ1n) is 9.34. The van der Waals surface area contributed by atoms with Crippen LogP contribution in [0.15, 0.2) is 21.9 Å². The minimum Gasteiger partial charge on any atom is -0.469 e. The fraction of sp³-hybridized carbons (Fsp3) is 0.632. The van der Waals surface area contributed by atoms with E-state index in [1.54, 1.807) is 6.26 Å². The van der Waals surface area contributed by atoms with Gasteiger partial charge in [-0.2, -0.15) is 0 Å². The van der Waals surface area contributed by atoms with Crippen molar-refractivity contribution in [1.82, 2.24) is 19.7 Å². The van der Waals surface area contributed by atoms with Crippen LogP contribution in [-0.4, -0.2) is 44.4 Å². The molecule has 0 spiro atoms. The fourth-order valence-corrected chi connectivity index (χ4v) is 4.07. The predicted octanol–water partition coefficient (Wildman–Crippen LogP) is 3.85. The van der Waals surface area contributed by atoms with E-state index in [0.29, 0.717) is 11.7 Å². The molecule has 2 aromatic rings. The van der Waals surface area contributed by atoms with Crippen LogP contribution in [0, 0.1) is 18.8 Å². The summed E-state index contributed by atoms with van der Waals surface area (Å²) in [6.45, 7) is 11.1. The zero-order valence-electron chi connectivity index (χ0n) is 16.1. The third-order valence-corrected chi connectivity index (χ3v) is 5.78. The van der Waals surface area contributed by atoms with Gasteiger partial charge in [-0.15, -0.1) is 10.2 Å². The lowest BCUT2D eigenvalue weighted by Crippen LogP contribution is -2.38. The zero-order chi connectivity index (χ0) is 18.7. The molecular formula is C19H28N4O2S. The molecule has 6 nitrogen and oxygen atoms in total. The third-order valence-electron chi connectivity index (χ3n) is 4.83. The number of piperidine rings is 1. The Morgan fingerprint density at radius 2 is 2.08 bits per heavy atom. The van der Waals surface area contributed by atoms with Crippen LogP contribution in [0.4, 0.5) is 0 Å². The maximum absolute atomic E-state index is 12.5. The van der Waals surface area contributed by atoms with E-state index in [2.05, 4.69) is 35.5 Å². The summed E-state index contributed by atoms with van der Waals surface area (Å²) in [5.74, 6) is 3.43. The van der Waals surface area contributed by atoms with Crippen LogP contribution in [0.5, 0.6) is 0 Å². The number of aromatic nitrogens is 3. The largest absolute Gasteiger partial charge is 0.469 e. The molecule has 0 atom stereocenters. The first-order valence-corrected chi connectivity index (χ1v) is 10.3. The normalized spacial score (nSPS) is 15.8. The van der Waals surface area contributed by atoms with E-state index in [1.807, 2.05) is 17.9 Å². The number of hydrogen-bond donors (Lipinski definition) is 0. The summed E-state index contributed by atoms with van der Waals surface area (Å²) in [7, 11) is 0. The maximum Gasteiger partial charge on any atom is 0.233 e. The number of likely N-dealkylation sites (tertiary alicyclic amines) is 1. The number of amides is 1. The van der Waals surface area contributed by atoms with Crippen LogP contribution in [0.1, 0.15) is 39.4 Å². The summed E-state index contributed by atoms with van der Waals surface area (Å²) in [6, 6.07) is 1.92. The Morgan fingerprint density at radius 3 is 2.69 bits per heavy atom. The van der Waals surface area contributed by atoms with Crippen molar-refractivity contribution in [2.75, 3.05) is 18.8 Å². The molecule has 3 heterocycles. The molecule has 0 aromatic carbocycles. The fourth-order valence-electron chi connectivity index (χ4n) is 3.22. The van der Waals surface area contributed by atoms with Crippen molar-refractivity contribution in [2.45, 2.75) is 52.2 Å². The minimum atomic E-state index is 0.196. The van der Waals surface area contributed by atoms with Gasteiger partial charge in [0.2, 0.25) is 5.91 Å². The van der Waals surface area contributed by atoms with Gasteiger partial charge in [-0.25, -0.2) is 0 Å². The Morgan fingerprint density at radius 1 is 1.35 bits per heavy atom. The lowest BCUT2D eigenvalue weighted by Gasteiger charge is -2.30. The molecule has 1 aliphatic heterocycles. The standard InChI is InChI=1S/C19H28N4O2S/c1-13(2)11-23-18(16-7-10-25-15(16)4)20-21-19(23)26-12-17(24)22-8-5-14(3)6-9-22/h7,10,13-14H,5-6,8-9,11-12H2,1-4H3. The number of carbonyl (C=O) groups excluding carboxylic acids is 1. The second kappa shape index (κ2) is 8.29. The van der Waals surface area contributed by atoms with Gasteiger partial charge in [-0.05, 0) is 37.7 Å². The molecule has 0 radical (unpaired) electrons. The van der Waals surface area contributed by atoms with Gasteiger partial charge in [-0.3, -0.25) is 4.79 Å². The van der Waals surface area contributed by atoms with E-state index >= 15 is 0 Å². The van der Waals surface area contributed by atoms with Crippen LogP contribution in [0.25, 0.3) is 11.4 Å². The highest BCUT2D eigenvalue weighted by Crippen LogP contribution is 2.28. The van der Waals surface area contributed by atoms with Crippen LogP contribution >= 0.6 is 11.8 Å². The Balaban J connectivity index is 1.72. The van der Waals surface area contributed by atoms with Crippen molar-refractivity contribution in [2.24, 2.45) is 11.8 Å². The SMILES string of the molecule is Cc1occc1-c1nnc(SCC(=O)N2CCC(C)CC2)n1CC(C)C. The number of hydrogen-bond acceptors (Lipinski definition) is 5. The van der Waals surface area contributed by atoms with E-state index in [9.17, 15) is 4.79 Å². The monoisotopic (exact) mass is 376 g/mol. The molecule has 142 valence electrons. The Kier molecular flexibility index (Phi) is 6.06. The number of furan rings is 1. The number of aryl methyl sites for hydroxylation is 1. The van der Waals surface area contributed by atoms with E-state index in [4.69, 9.17) is 4.42 Å². The van der Waals surface area contributed by atoms with Crippen LogP contribution < -0.4 is 0 Å². The second-order valence-electron chi connectivity index (χ2n) is 7.55. The summed E-state index contributed by atoms with van der Waals surface area (Å²) < 4.78 is 7.54. The molecule has 1 saturated heterocycles. The molecule has 1 amide bonds. The lowest BCUT2D eigenvalue weighted by atomic mass is 9.99. The second-order valence-corrected chi connectivity index (χ2v) is 8.50. The summed E-state index contributed by atoms with van der Waals surface area (Å²) in [5, 5.41) is 9.54. The summed E-state index contributed by atoms with van der Waals surface area (Å²) in [4.78, 5) is 14.5. The van der Waals surface area contributed by atoms with E-state index in [0.717, 1.165) is 60.7 Å². The Labute approximate surface area is 159 Å². The quantitative estimate of drug-likeness (QED) is 0.717. The summed E-state index contributed by atoms with van der Waals surface area (Å²) in [6.07, 6.45) is 3.88. The van der Waals surface area contributed by atoms with Gasteiger partial charge >= 0.3 is 0 Å². The molecule has 1 fully saturated rings. The Bertz CT molecular complexity index is 745. The first-order chi connectivity index (χ1) is 12.5. The van der Waals surface area contributed by atoms with E-state index in [-0.39, 0.29) is 5.91 Å². The van der Waals surface area contributed by atoms with Gasteiger partial charge in [0.05, 0.1) is 17.6 Å². The van der Waals surface area contributed by atoms with Crippen LogP contribution in [0.2, 0.25) is 0 Å². The number of rotatable bonds is 6. The van der Waals surface area contributed by atoms with Crippen molar-refractivity contribution in [3.63, 3.8) is 0 Å². The molecule has 0 N–H and O–H groups in total. The molecule has 0 saturated carbocycles. The average Bonchev–Trinajstić information content (AvgIpc) is 3.19. The van der Waals surface area contributed by atoms with Crippen LogP contribution in [0.3, 0.4) is 0 Å². The molecule has 2 aromatic heterocycles. The van der Waals surface area contributed by atoms with Gasteiger partial charge in [0.15, 0.2) is 11.0 Å². The molecule has 7 heteroatoms. The Hall–Kier alpha value is -1.76. The van der Waals surface area contributed by atoms with E-state index in [1.165, 1.54) is 11.8 Å². The minimum absolute atomic E-state index is 0.196. The maximum atomic E-state index is 12.5. The number of nitrogens with zero attached hydrogens (tertiary/aromatic N) is 4. The van der Waals surface area contributed by atoms with Gasteiger partial charge in [-0.1, -0.05) is 32.5 Å². The average molecular weight is 377 g/mol. The highest BCUT2D eigenvalue weighted by atomic mass is 32.2. The summed E-state index contributed by atoms with van der Waals surface area (Å²) in [5.41, 5.74) is 0.960. The molecule has 0 bridgehead atoms. The van der Waals surface area contributed by atoms with Crippen molar-refractivity contribution >= 4 is 17.7 Å². The molecule has 1 aliphatic rings. The van der Waals surface area contributed by atoms with Crippen molar-refractivity contribution in [1.29, 1.82) is 0 Å². The van der Waals surface area contributed by atoms with Gasteiger partial charge in [0, 0.05) is 19.6 Å². The summed E-state index contributed by atoms with van der Waals surface area (Å²) >= 11 is 1.48.